The van der Waals surface area contributed by atoms with E-state index in [2.05, 4.69) is 0 Å². The lowest BCUT2D eigenvalue weighted by Gasteiger charge is -2.02. The third kappa shape index (κ3) is 2.16. The summed E-state index contributed by atoms with van der Waals surface area (Å²) in [5.41, 5.74) is 5.69. The summed E-state index contributed by atoms with van der Waals surface area (Å²) in [6.45, 7) is 1.38. The number of anilines is 1. The molecular weight excluding hydrogens is 270 g/mol. The second-order valence-electron chi connectivity index (χ2n) is 3.71. The molecule has 0 bridgehead atoms. The normalized spacial score (nSPS) is 11.4. The van der Waals surface area contributed by atoms with Gasteiger partial charge >= 0.3 is 0 Å². The van der Waals surface area contributed by atoms with Gasteiger partial charge in [-0.15, -0.1) is 11.3 Å². The van der Waals surface area contributed by atoms with Crippen molar-refractivity contribution < 1.29 is 13.2 Å². The van der Waals surface area contributed by atoms with Gasteiger partial charge in [0.15, 0.2) is 5.78 Å². The van der Waals surface area contributed by atoms with Crippen molar-refractivity contribution in [2.24, 2.45) is 0 Å². The minimum atomic E-state index is -3.65. The molecule has 94 valence electrons. The third-order valence-corrected chi connectivity index (χ3v) is 5.42. The highest BCUT2D eigenvalue weighted by Crippen LogP contribution is 2.33. The van der Waals surface area contributed by atoms with Gasteiger partial charge in [-0.1, -0.05) is 18.2 Å². The minimum absolute atomic E-state index is 0.00361. The Kier molecular flexibility index (Phi) is 3.23. The zero-order valence-corrected chi connectivity index (χ0v) is 11.2. The van der Waals surface area contributed by atoms with E-state index in [0.29, 0.717) is 4.88 Å². The van der Waals surface area contributed by atoms with Gasteiger partial charge in [0, 0.05) is 0 Å². The van der Waals surface area contributed by atoms with Crippen LogP contribution in [0.3, 0.4) is 0 Å². The number of hydrogen-bond donors (Lipinski definition) is 1. The number of carbonyl (C=O) groups is 1. The van der Waals surface area contributed by atoms with Crippen LogP contribution < -0.4 is 5.73 Å². The van der Waals surface area contributed by atoms with Gasteiger partial charge in [-0.05, 0) is 25.1 Å². The van der Waals surface area contributed by atoms with E-state index in [9.17, 15) is 13.2 Å². The highest BCUT2D eigenvalue weighted by Gasteiger charge is 2.23. The standard InChI is InChI=1S/C12H11NO3S2/c1-8(14)10-7-11(12(13)17-10)18(15,16)9-5-3-2-4-6-9/h2-7H,13H2,1H3. The molecule has 6 heteroatoms. The molecule has 0 amide bonds. The van der Waals surface area contributed by atoms with Crippen molar-refractivity contribution in [3.63, 3.8) is 0 Å². The van der Waals surface area contributed by atoms with Gasteiger partial charge in [-0.25, -0.2) is 8.42 Å². The number of Topliss-reactive ketones (excluding diaryl/α,β-unsaturated/α-hetero) is 1. The Hall–Kier alpha value is -1.66. The summed E-state index contributed by atoms with van der Waals surface area (Å²) >= 11 is 0.993. The Morgan fingerprint density at radius 2 is 1.83 bits per heavy atom. The number of carbonyl (C=O) groups excluding carboxylic acids is 1. The van der Waals surface area contributed by atoms with Crippen LogP contribution in [0.4, 0.5) is 5.00 Å². The minimum Gasteiger partial charge on any atom is -0.389 e. The molecule has 1 aromatic carbocycles. The first-order chi connectivity index (χ1) is 8.43. The molecule has 0 saturated heterocycles. The van der Waals surface area contributed by atoms with Crippen molar-refractivity contribution in [3.05, 3.63) is 41.3 Å². The lowest BCUT2D eigenvalue weighted by atomic mass is 10.3. The lowest BCUT2D eigenvalue weighted by molar-refractivity contribution is 0.102. The zero-order valence-electron chi connectivity index (χ0n) is 9.58. The highest BCUT2D eigenvalue weighted by atomic mass is 32.2. The summed E-state index contributed by atoms with van der Waals surface area (Å²) in [5, 5.41) is 0.143. The molecule has 4 nitrogen and oxygen atoms in total. The summed E-state index contributed by atoms with van der Waals surface area (Å²) in [6, 6.07) is 9.35. The molecule has 1 heterocycles. The number of sulfone groups is 1. The fraction of sp³-hybridized carbons (Fsp3) is 0.0833. The molecule has 0 spiro atoms. The van der Waals surface area contributed by atoms with E-state index < -0.39 is 9.84 Å². The largest absolute Gasteiger partial charge is 0.389 e. The molecule has 0 aliphatic rings. The molecule has 0 saturated carbocycles. The maximum atomic E-state index is 12.3. The average molecular weight is 281 g/mol. The number of nitrogen functional groups attached to an aromatic ring is 1. The van der Waals surface area contributed by atoms with Gasteiger partial charge in [0.25, 0.3) is 0 Å². The number of rotatable bonds is 3. The Balaban J connectivity index is 2.59. The van der Waals surface area contributed by atoms with Gasteiger partial charge in [-0.2, -0.15) is 0 Å². The Bertz CT molecular complexity index is 687. The average Bonchev–Trinajstić information content (AvgIpc) is 2.73. The molecule has 2 N–H and O–H groups in total. The maximum Gasteiger partial charge on any atom is 0.209 e. The van der Waals surface area contributed by atoms with Crippen LogP contribution in [0.1, 0.15) is 16.6 Å². The molecule has 0 fully saturated rings. The van der Waals surface area contributed by atoms with Gasteiger partial charge in [0.1, 0.15) is 9.90 Å². The molecule has 0 aliphatic heterocycles. The first kappa shape index (κ1) is 12.8. The van der Waals surface area contributed by atoms with Crippen molar-refractivity contribution in [2.45, 2.75) is 16.7 Å². The summed E-state index contributed by atoms with van der Waals surface area (Å²) < 4.78 is 24.6. The Labute approximate surface area is 109 Å². The van der Waals surface area contributed by atoms with Gasteiger partial charge in [0.2, 0.25) is 9.84 Å². The van der Waals surface area contributed by atoms with Crippen molar-refractivity contribution in [1.82, 2.24) is 0 Å². The van der Waals surface area contributed by atoms with E-state index >= 15 is 0 Å². The summed E-state index contributed by atoms with van der Waals surface area (Å²) in [7, 11) is -3.65. The number of ketones is 1. The van der Waals surface area contributed by atoms with Crippen LogP contribution in [0.2, 0.25) is 0 Å². The van der Waals surface area contributed by atoms with Crippen LogP contribution >= 0.6 is 11.3 Å². The van der Waals surface area contributed by atoms with E-state index in [1.165, 1.54) is 25.1 Å². The Morgan fingerprint density at radius 3 is 2.33 bits per heavy atom. The second-order valence-corrected chi connectivity index (χ2v) is 6.71. The van der Waals surface area contributed by atoms with Crippen LogP contribution in [0, 0.1) is 0 Å². The number of hydrogen-bond acceptors (Lipinski definition) is 5. The van der Waals surface area contributed by atoms with Gasteiger partial charge in [-0.3, -0.25) is 4.79 Å². The molecule has 18 heavy (non-hydrogen) atoms. The summed E-state index contributed by atoms with van der Waals surface area (Å²) in [6.07, 6.45) is 0. The predicted octanol–water partition coefficient (Wildman–Crippen LogP) is 2.37. The van der Waals surface area contributed by atoms with E-state index in [4.69, 9.17) is 5.73 Å². The first-order valence-electron chi connectivity index (χ1n) is 5.13. The lowest BCUT2D eigenvalue weighted by Crippen LogP contribution is -2.02. The molecular formula is C12H11NO3S2. The Morgan fingerprint density at radius 1 is 1.22 bits per heavy atom. The van der Waals surface area contributed by atoms with E-state index in [-0.39, 0.29) is 20.6 Å². The molecule has 1 aromatic heterocycles. The zero-order chi connectivity index (χ0) is 13.3. The second kappa shape index (κ2) is 4.55. The van der Waals surface area contributed by atoms with E-state index in [1.54, 1.807) is 18.2 Å². The topological polar surface area (TPSA) is 77.2 Å². The van der Waals surface area contributed by atoms with Crippen molar-refractivity contribution in [1.29, 1.82) is 0 Å². The van der Waals surface area contributed by atoms with Crippen molar-refractivity contribution in [2.75, 3.05) is 5.73 Å². The van der Waals surface area contributed by atoms with E-state index in [1.807, 2.05) is 0 Å². The van der Waals surface area contributed by atoms with Crippen LogP contribution in [0.25, 0.3) is 0 Å². The smallest absolute Gasteiger partial charge is 0.209 e. The molecule has 0 unspecified atom stereocenters. The molecule has 0 atom stereocenters. The number of benzene rings is 1. The van der Waals surface area contributed by atoms with Crippen LogP contribution in [-0.2, 0) is 9.84 Å². The quantitative estimate of drug-likeness (QED) is 0.876. The number of nitrogens with two attached hydrogens (primary N) is 1. The molecule has 0 aliphatic carbocycles. The van der Waals surface area contributed by atoms with Gasteiger partial charge < -0.3 is 5.73 Å². The summed E-state index contributed by atoms with van der Waals surface area (Å²) in [4.78, 5) is 11.8. The van der Waals surface area contributed by atoms with Crippen LogP contribution in [0.15, 0.2) is 46.2 Å². The number of thiophene rings is 1. The molecule has 2 aromatic rings. The molecule has 0 radical (unpaired) electrons. The van der Waals surface area contributed by atoms with Gasteiger partial charge in [0.05, 0.1) is 9.77 Å². The predicted molar refractivity (Wildman–Crippen MR) is 70.6 cm³/mol. The fourth-order valence-electron chi connectivity index (χ4n) is 1.50. The summed E-state index contributed by atoms with van der Waals surface area (Å²) in [5.74, 6) is -0.193. The van der Waals surface area contributed by atoms with Crippen LogP contribution in [-0.4, -0.2) is 14.2 Å². The maximum absolute atomic E-state index is 12.3. The first-order valence-corrected chi connectivity index (χ1v) is 7.43. The highest BCUT2D eigenvalue weighted by molar-refractivity contribution is 7.91. The molecule has 2 rings (SSSR count). The fourth-order valence-corrected chi connectivity index (χ4v) is 4.05. The SMILES string of the molecule is CC(=O)c1cc(S(=O)(=O)c2ccccc2)c(N)s1. The van der Waals surface area contributed by atoms with Crippen molar-refractivity contribution in [3.8, 4) is 0 Å². The van der Waals surface area contributed by atoms with Crippen LogP contribution in [0.5, 0.6) is 0 Å². The monoisotopic (exact) mass is 281 g/mol. The van der Waals surface area contributed by atoms with E-state index in [0.717, 1.165) is 11.3 Å². The third-order valence-electron chi connectivity index (χ3n) is 2.41. The van der Waals surface area contributed by atoms with Crippen molar-refractivity contribution >= 4 is 32.0 Å².